The highest BCUT2D eigenvalue weighted by Crippen LogP contribution is 2.09. The lowest BCUT2D eigenvalue weighted by Crippen LogP contribution is -2.29. The second-order valence-electron chi connectivity index (χ2n) is 3.56. The Morgan fingerprint density at radius 2 is 2.29 bits per heavy atom. The van der Waals surface area contributed by atoms with E-state index in [1.165, 1.54) is 12.0 Å². The van der Waals surface area contributed by atoms with Gasteiger partial charge in [-0.15, -0.1) is 11.3 Å². The smallest absolute Gasteiger partial charge is 0.306 e. The molecule has 0 N–H and O–H groups in total. The van der Waals surface area contributed by atoms with Crippen LogP contribution in [0, 0.1) is 0 Å². The summed E-state index contributed by atoms with van der Waals surface area (Å²) in [7, 11) is 3.08. The third-order valence-electron chi connectivity index (χ3n) is 2.33. The Morgan fingerprint density at radius 1 is 1.47 bits per heavy atom. The van der Waals surface area contributed by atoms with Crippen LogP contribution in [0.3, 0.4) is 0 Å². The number of thiazole rings is 1. The molecule has 96 valence electrons. The molecule has 1 aromatic rings. The van der Waals surface area contributed by atoms with E-state index >= 15 is 0 Å². The van der Waals surface area contributed by atoms with Crippen LogP contribution in [0.5, 0.6) is 0 Å². The highest BCUT2D eigenvalue weighted by atomic mass is 32.1. The minimum Gasteiger partial charge on any atom is -0.469 e. The van der Waals surface area contributed by atoms with Gasteiger partial charge in [0.05, 0.1) is 25.6 Å². The molecule has 0 aliphatic carbocycles. The van der Waals surface area contributed by atoms with Gasteiger partial charge in [-0.3, -0.25) is 14.7 Å². The van der Waals surface area contributed by atoms with Crippen molar-refractivity contribution in [1.29, 1.82) is 0 Å². The van der Waals surface area contributed by atoms with E-state index in [4.69, 9.17) is 4.74 Å². The second-order valence-corrected chi connectivity index (χ2v) is 4.53. The van der Waals surface area contributed by atoms with Gasteiger partial charge in [0.2, 0.25) is 0 Å². The third-order valence-corrected chi connectivity index (χ3v) is 3.10. The molecular formula is C11H18N2O3S. The maximum Gasteiger partial charge on any atom is 0.306 e. The maximum absolute atomic E-state index is 11.1. The van der Waals surface area contributed by atoms with Crippen molar-refractivity contribution in [2.75, 3.05) is 33.9 Å². The third kappa shape index (κ3) is 5.76. The molecule has 0 atom stereocenters. The average Bonchev–Trinajstić information content (AvgIpc) is 2.84. The molecule has 6 heteroatoms. The highest BCUT2D eigenvalue weighted by Gasteiger charge is 2.09. The molecule has 0 aliphatic rings. The number of hydrogen-bond acceptors (Lipinski definition) is 6. The first-order valence-corrected chi connectivity index (χ1v) is 6.29. The van der Waals surface area contributed by atoms with Crippen molar-refractivity contribution in [3.05, 3.63) is 16.6 Å². The number of rotatable bonds is 8. The van der Waals surface area contributed by atoms with Crippen molar-refractivity contribution in [3.8, 4) is 0 Å². The molecule has 0 unspecified atom stereocenters. The zero-order valence-electron chi connectivity index (χ0n) is 10.2. The van der Waals surface area contributed by atoms with E-state index in [1.807, 2.05) is 11.7 Å². The molecule has 0 amide bonds. The number of esters is 1. The molecule has 0 saturated carbocycles. The summed E-state index contributed by atoms with van der Waals surface area (Å²) >= 11 is 1.61. The number of aromatic nitrogens is 1. The SMILES string of the molecule is COCCN(CCC(=O)OC)Cc1cncs1. The summed E-state index contributed by atoms with van der Waals surface area (Å²) in [4.78, 5) is 18.5. The van der Waals surface area contributed by atoms with E-state index in [0.29, 0.717) is 19.6 Å². The van der Waals surface area contributed by atoms with E-state index in [9.17, 15) is 4.79 Å². The number of hydrogen-bond donors (Lipinski definition) is 0. The predicted octanol–water partition coefficient (Wildman–Crippen LogP) is 1.15. The van der Waals surface area contributed by atoms with Crippen LogP contribution < -0.4 is 0 Å². The summed E-state index contributed by atoms with van der Waals surface area (Å²) in [5.74, 6) is -0.184. The summed E-state index contributed by atoms with van der Waals surface area (Å²) in [5.41, 5.74) is 1.81. The number of methoxy groups -OCH3 is 2. The second kappa shape index (κ2) is 8.16. The summed E-state index contributed by atoms with van der Waals surface area (Å²) in [6.07, 6.45) is 2.25. The normalized spacial score (nSPS) is 10.8. The largest absolute Gasteiger partial charge is 0.469 e. The lowest BCUT2D eigenvalue weighted by atomic mass is 10.3. The van der Waals surface area contributed by atoms with Crippen molar-refractivity contribution in [3.63, 3.8) is 0 Å². The predicted molar refractivity (Wildman–Crippen MR) is 65.9 cm³/mol. The molecule has 0 aromatic carbocycles. The first kappa shape index (κ1) is 14.1. The minimum absolute atomic E-state index is 0.184. The molecule has 1 heterocycles. The topological polar surface area (TPSA) is 51.7 Å². The maximum atomic E-state index is 11.1. The first-order chi connectivity index (χ1) is 8.26. The molecule has 5 nitrogen and oxygen atoms in total. The Hall–Kier alpha value is -0.980. The lowest BCUT2D eigenvalue weighted by Gasteiger charge is -2.20. The molecule has 17 heavy (non-hydrogen) atoms. The Balaban J connectivity index is 2.39. The summed E-state index contributed by atoms with van der Waals surface area (Å²) < 4.78 is 9.69. The van der Waals surface area contributed by atoms with Crippen LogP contribution in [0.1, 0.15) is 11.3 Å². The van der Waals surface area contributed by atoms with E-state index in [2.05, 4.69) is 14.6 Å². The molecule has 1 rings (SSSR count). The lowest BCUT2D eigenvalue weighted by molar-refractivity contribution is -0.141. The van der Waals surface area contributed by atoms with Gasteiger partial charge in [-0.1, -0.05) is 0 Å². The van der Waals surface area contributed by atoms with Crippen molar-refractivity contribution in [2.24, 2.45) is 0 Å². The highest BCUT2D eigenvalue weighted by molar-refractivity contribution is 7.09. The molecule has 0 bridgehead atoms. The summed E-state index contributed by atoms with van der Waals surface area (Å²) in [5, 5.41) is 0. The van der Waals surface area contributed by atoms with Gasteiger partial charge in [-0.2, -0.15) is 0 Å². The van der Waals surface area contributed by atoms with Crippen LogP contribution in [-0.2, 0) is 20.8 Å². The number of ether oxygens (including phenoxy) is 2. The number of carbonyl (C=O) groups is 1. The van der Waals surface area contributed by atoms with Gasteiger partial charge >= 0.3 is 5.97 Å². The molecule has 0 fully saturated rings. The van der Waals surface area contributed by atoms with Gasteiger partial charge in [0.1, 0.15) is 0 Å². The van der Waals surface area contributed by atoms with Crippen LogP contribution in [0.25, 0.3) is 0 Å². The first-order valence-electron chi connectivity index (χ1n) is 5.41. The van der Waals surface area contributed by atoms with E-state index in [1.54, 1.807) is 18.4 Å². The quantitative estimate of drug-likeness (QED) is 0.655. The molecule has 0 spiro atoms. The zero-order valence-corrected chi connectivity index (χ0v) is 11.0. The van der Waals surface area contributed by atoms with E-state index < -0.39 is 0 Å². The molecular weight excluding hydrogens is 240 g/mol. The van der Waals surface area contributed by atoms with Crippen LogP contribution in [0.4, 0.5) is 0 Å². The van der Waals surface area contributed by atoms with Crippen molar-refractivity contribution in [2.45, 2.75) is 13.0 Å². The summed E-state index contributed by atoms with van der Waals surface area (Å²) in [6, 6.07) is 0. The Labute approximate surface area is 105 Å². The van der Waals surface area contributed by atoms with E-state index in [-0.39, 0.29) is 5.97 Å². The van der Waals surface area contributed by atoms with Gasteiger partial charge < -0.3 is 9.47 Å². The fourth-order valence-electron chi connectivity index (χ4n) is 1.38. The van der Waals surface area contributed by atoms with Crippen molar-refractivity contribution < 1.29 is 14.3 Å². The fraction of sp³-hybridized carbons (Fsp3) is 0.636. The fourth-order valence-corrected chi connectivity index (χ4v) is 2.02. The van der Waals surface area contributed by atoms with Crippen LogP contribution >= 0.6 is 11.3 Å². The van der Waals surface area contributed by atoms with Crippen molar-refractivity contribution >= 4 is 17.3 Å². The molecule has 0 saturated heterocycles. The van der Waals surface area contributed by atoms with Crippen molar-refractivity contribution in [1.82, 2.24) is 9.88 Å². The van der Waals surface area contributed by atoms with Crippen LogP contribution in [0.15, 0.2) is 11.7 Å². The minimum atomic E-state index is -0.184. The number of carbonyl (C=O) groups excluding carboxylic acids is 1. The monoisotopic (exact) mass is 258 g/mol. The van der Waals surface area contributed by atoms with Crippen LogP contribution in [0.2, 0.25) is 0 Å². The van der Waals surface area contributed by atoms with E-state index in [0.717, 1.165) is 13.1 Å². The summed E-state index contributed by atoms with van der Waals surface area (Å²) in [6.45, 7) is 2.92. The van der Waals surface area contributed by atoms with Gasteiger partial charge in [0.25, 0.3) is 0 Å². The molecule has 0 aliphatic heterocycles. The standard InChI is InChI=1S/C11H18N2O3S/c1-15-6-5-13(4-3-11(14)16-2)8-10-7-12-9-17-10/h7,9H,3-6,8H2,1-2H3. The Kier molecular flexibility index (Phi) is 6.76. The van der Waals surface area contributed by atoms with Gasteiger partial charge in [-0.05, 0) is 0 Å². The van der Waals surface area contributed by atoms with Gasteiger partial charge in [0, 0.05) is 37.8 Å². The molecule has 0 radical (unpaired) electrons. The Bertz CT molecular complexity index is 317. The van der Waals surface area contributed by atoms with Gasteiger partial charge in [0.15, 0.2) is 0 Å². The van der Waals surface area contributed by atoms with Gasteiger partial charge in [-0.25, -0.2) is 0 Å². The number of nitrogens with zero attached hydrogens (tertiary/aromatic N) is 2. The average molecular weight is 258 g/mol. The Morgan fingerprint density at radius 3 is 2.88 bits per heavy atom. The zero-order chi connectivity index (χ0) is 12.5. The molecule has 1 aromatic heterocycles. The van der Waals surface area contributed by atoms with Crippen LogP contribution in [-0.4, -0.2) is 49.8 Å².